The third-order valence-corrected chi connectivity index (χ3v) is 1.47. The summed E-state index contributed by atoms with van der Waals surface area (Å²) in [6.45, 7) is 5.65. The van der Waals surface area contributed by atoms with Gasteiger partial charge in [0.05, 0.1) is 6.10 Å². The van der Waals surface area contributed by atoms with E-state index in [4.69, 9.17) is 4.74 Å². The molecule has 0 aromatic carbocycles. The van der Waals surface area contributed by atoms with Crippen LogP contribution in [-0.4, -0.2) is 31.2 Å². The third kappa shape index (κ3) is 0.842. The minimum atomic E-state index is 0.452. The Morgan fingerprint density at radius 3 is 2.75 bits per heavy atom. The predicted octanol–water partition coefficient (Wildman–Crippen LogP) is 0.460. The van der Waals surface area contributed by atoms with E-state index < -0.39 is 0 Å². The van der Waals surface area contributed by atoms with Gasteiger partial charge in [0.1, 0.15) is 0 Å². The maximum absolute atomic E-state index is 5.03. The molecule has 0 unspecified atom stereocenters. The Hall–Kier alpha value is -0.500. The van der Waals surface area contributed by atoms with Crippen LogP contribution < -0.4 is 0 Å². The molecule has 0 amide bonds. The lowest BCUT2D eigenvalue weighted by Gasteiger charge is -2.36. The van der Waals surface area contributed by atoms with E-state index in [1.807, 2.05) is 6.20 Å². The fourth-order valence-electron chi connectivity index (χ4n) is 0.768. The van der Waals surface area contributed by atoms with Gasteiger partial charge >= 0.3 is 0 Å². The van der Waals surface area contributed by atoms with Crippen LogP contribution in [0.25, 0.3) is 0 Å². The molecule has 0 aromatic heterocycles. The molecule has 0 aliphatic carbocycles. The van der Waals surface area contributed by atoms with Gasteiger partial charge in [-0.2, -0.15) is 0 Å². The number of hydrogen-bond donors (Lipinski definition) is 0. The van der Waals surface area contributed by atoms with Gasteiger partial charge in [-0.25, -0.2) is 0 Å². The van der Waals surface area contributed by atoms with E-state index in [0.717, 1.165) is 13.1 Å². The number of ether oxygens (including phenoxy) is 1. The molecule has 1 heterocycles. The van der Waals surface area contributed by atoms with Crippen LogP contribution in [0.2, 0.25) is 0 Å². The largest absolute Gasteiger partial charge is 0.378 e. The Balaban J connectivity index is 2.11. The van der Waals surface area contributed by atoms with Crippen molar-refractivity contribution in [2.45, 2.75) is 6.10 Å². The summed E-state index contributed by atoms with van der Waals surface area (Å²) in [5.41, 5.74) is 0. The third-order valence-electron chi connectivity index (χ3n) is 1.47. The first-order valence-corrected chi connectivity index (χ1v) is 2.76. The lowest BCUT2D eigenvalue weighted by Crippen LogP contribution is -2.48. The molecule has 2 nitrogen and oxygen atoms in total. The van der Waals surface area contributed by atoms with E-state index in [-0.39, 0.29) is 0 Å². The Morgan fingerprint density at radius 1 is 1.75 bits per heavy atom. The highest BCUT2D eigenvalue weighted by Gasteiger charge is 2.22. The van der Waals surface area contributed by atoms with Gasteiger partial charge in [0.15, 0.2) is 0 Å². The summed E-state index contributed by atoms with van der Waals surface area (Å²) in [7, 11) is 1.74. The van der Waals surface area contributed by atoms with E-state index in [9.17, 15) is 0 Å². The van der Waals surface area contributed by atoms with Crippen molar-refractivity contribution < 1.29 is 4.74 Å². The van der Waals surface area contributed by atoms with Crippen LogP contribution in [0.4, 0.5) is 0 Å². The van der Waals surface area contributed by atoms with E-state index in [1.54, 1.807) is 7.11 Å². The minimum absolute atomic E-state index is 0.452. The van der Waals surface area contributed by atoms with Crippen LogP contribution in [0.5, 0.6) is 0 Å². The van der Waals surface area contributed by atoms with Crippen molar-refractivity contribution in [2.24, 2.45) is 0 Å². The van der Waals surface area contributed by atoms with E-state index in [0.29, 0.717) is 6.10 Å². The van der Waals surface area contributed by atoms with E-state index in [2.05, 4.69) is 11.5 Å². The van der Waals surface area contributed by atoms with Gasteiger partial charge in [-0.15, -0.1) is 0 Å². The van der Waals surface area contributed by atoms with Gasteiger partial charge in [0, 0.05) is 20.2 Å². The molecule has 1 aliphatic heterocycles. The molecular formula is C6H11NO. The van der Waals surface area contributed by atoms with Gasteiger partial charge in [-0.1, -0.05) is 6.58 Å². The van der Waals surface area contributed by atoms with Crippen LogP contribution >= 0.6 is 0 Å². The molecule has 8 heavy (non-hydrogen) atoms. The quantitative estimate of drug-likeness (QED) is 0.516. The summed E-state index contributed by atoms with van der Waals surface area (Å²) < 4.78 is 5.03. The Bertz CT molecular complexity index is 86.5. The van der Waals surface area contributed by atoms with Gasteiger partial charge < -0.3 is 9.64 Å². The number of rotatable bonds is 2. The highest BCUT2D eigenvalue weighted by Crippen LogP contribution is 2.09. The fourth-order valence-corrected chi connectivity index (χ4v) is 0.768. The highest BCUT2D eigenvalue weighted by molar-refractivity contribution is 4.86. The summed E-state index contributed by atoms with van der Waals surface area (Å²) in [6.07, 6.45) is 2.29. The van der Waals surface area contributed by atoms with E-state index in [1.165, 1.54) is 0 Å². The normalized spacial score (nSPS) is 20.4. The van der Waals surface area contributed by atoms with Crippen LogP contribution in [0.15, 0.2) is 12.8 Å². The molecule has 2 heteroatoms. The summed E-state index contributed by atoms with van der Waals surface area (Å²) in [5, 5.41) is 0. The topological polar surface area (TPSA) is 12.5 Å². The maximum atomic E-state index is 5.03. The Kier molecular flexibility index (Phi) is 1.53. The molecule has 1 fully saturated rings. The highest BCUT2D eigenvalue weighted by atomic mass is 16.5. The minimum Gasteiger partial charge on any atom is -0.378 e. The first kappa shape index (κ1) is 5.63. The molecule has 0 spiro atoms. The van der Waals surface area contributed by atoms with Gasteiger partial charge in [-0.05, 0) is 6.20 Å². The molecule has 0 aromatic rings. The zero-order valence-corrected chi connectivity index (χ0v) is 5.13. The Morgan fingerprint density at radius 2 is 2.38 bits per heavy atom. The first-order valence-electron chi connectivity index (χ1n) is 2.76. The van der Waals surface area contributed by atoms with E-state index >= 15 is 0 Å². The number of hydrogen-bond acceptors (Lipinski definition) is 2. The molecular weight excluding hydrogens is 102 g/mol. The SMILES string of the molecule is C=CN1CC(OC)C1. The van der Waals surface area contributed by atoms with Gasteiger partial charge in [0.2, 0.25) is 0 Å². The van der Waals surface area contributed by atoms with Crippen LogP contribution in [0, 0.1) is 0 Å². The molecule has 0 saturated carbocycles. The number of likely N-dealkylation sites (tertiary alicyclic amines) is 1. The van der Waals surface area contributed by atoms with Crippen molar-refractivity contribution in [1.29, 1.82) is 0 Å². The molecule has 1 rings (SSSR count). The van der Waals surface area contributed by atoms with Crippen LogP contribution in [0.1, 0.15) is 0 Å². The number of nitrogens with zero attached hydrogens (tertiary/aromatic N) is 1. The smallest absolute Gasteiger partial charge is 0.0920 e. The second-order valence-electron chi connectivity index (χ2n) is 1.99. The first-order chi connectivity index (χ1) is 3.86. The summed E-state index contributed by atoms with van der Waals surface area (Å²) in [4.78, 5) is 2.12. The average Bonchev–Trinajstić information content (AvgIpc) is 1.65. The van der Waals surface area contributed by atoms with Crippen LogP contribution in [0.3, 0.4) is 0 Å². The summed E-state index contributed by atoms with van der Waals surface area (Å²) in [6, 6.07) is 0. The second kappa shape index (κ2) is 2.18. The zero-order valence-electron chi connectivity index (χ0n) is 5.13. The summed E-state index contributed by atoms with van der Waals surface area (Å²) in [5.74, 6) is 0. The van der Waals surface area contributed by atoms with Crippen molar-refractivity contribution in [3.63, 3.8) is 0 Å². The zero-order chi connectivity index (χ0) is 5.98. The van der Waals surface area contributed by atoms with Gasteiger partial charge in [0.25, 0.3) is 0 Å². The fraction of sp³-hybridized carbons (Fsp3) is 0.667. The van der Waals surface area contributed by atoms with Crippen molar-refractivity contribution in [3.8, 4) is 0 Å². The molecule has 1 aliphatic rings. The Labute approximate surface area is 49.7 Å². The molecule has 46 valence electrons. The lowest BCUT2D eigenvalue weighted by atomic mass is 10.2. The maximum Gasteiger partial charge on any atom is 0.0920 e. The average molecular weight is 113 g/mol. The monoisotopic (exact) mass is 113 g/mol. The van der Waals surface area contributed by atoms with Crippen molar-refractivity contribution in [1.82, 2.24) is 4.90 Å². The lowest BCUT2D eigenvalue weighted by molar-refractivity contribution is -0.00459. The summed E-state index contributed by atoms with van der Waals surface area (Å²) >= 11 is 0. The molecule has 0 radical (unpaired) electrons. The molecule has 1 saturated heterocycles. The molecule has 0 atom stereocenters. The molecule has 0 bridgehead atoms. The van der Waals surface area contributed by atoms with Crippen molar-refractivity contribution in [3.05, 3.63) is 12.8 Å². The van der Waals surface area contributed by atoms with Crippen molar-refractivity contribution in [2.75, 3.05) is 20.2 Å². The van der Waals surface area contributed by atoms with Gasteiger partial charge in [-0.3, -0.25) is 0 Å². The predicted molar refractivity (Wildman–Crippen MR) is 32.6 cm³/mol. The van der Waals surface area contributed by atoms with Crippen molar-refractivity contribution >= 4 is 0 Å². The van der Waals surface area contributed by atoms with Crippen LogP contribution in [-0.2, 0) is 4.74 Å². The second-order valence-corrected chi connectivity index (χ2v) is 1.99. The number of methoxy groups -OCH3 is 1. The molecule has 0 N–H and O–H groups in total. The standard InChI is InChI=1S/C6H11NO/c1-3-7-4-6(5-7)8-2/h3,6H,1,4-5H2,2H3.